The van der Waals surface area contributed by atoms with E-state index in [1.807, 2.05) is 0 Å². The van der Waals surface area contributed by atoms with Crippen molar-refractivity contribution in [3.8, 4) is 0 Å². The third kappa shape index (κ3) is 1.58. The molecule has 5 heteroatoms. The van der Waals surface area contributed by atoms with Crippen molar-refractivity contribution in [1.82, 2.24) is 0 Å². The molecule has 2 aliphatic rings. The molecule has 2 fully saturated rings. The highest BCUT2D eigenvalue weighted by atomic mass is 16.8. The maximum atomic E-state index is 9.47. The average Bonchev–Trinajstić information content (AvgIpc) is 2.29. The van der Waals surface area contributed by atoms with E-state index >= 15 is 0 Å². The van der Waals surface area contributed by atoms with Gasteiger partial charge in [0, 0.05) is 0 Å². The maximum absolute atomic E-state index is 9.47. The van der Waals surface area contributed by atoms with Crippen LogP contribution in [0.25, 0.3) is 0 Å². The molecule has 0 amide bonds. The van der Waals surface area contributed by atoms with Crippen LogP contribution < -0.4 is 0 Å². The molecule has 0 saturated carbocycles. The quantitative estimate of drug-likeness (QED) is 0.524. The van der Waals surface area contributed by atoms with Crippen LogP contribution in [0.2, 0.25) is 0 Å². The van der Waals surface area contributed by atoms with E-state index in [2.05, 4.69) is 0 Å². The summed E-state index contributed by atoms with van der Waals surface area (Å²) in [6.07, 6.45) is -2.99. The summed E-state index contributed by atoms with van der Waals surface area (Å²) >= 11 is 0. The van der Waals surface area contributed by atoms with Gasteiger partial charge in [0.2, 0.25) is 0 Å². The van der Waals surface area contributed by atoms with E-state index in [0.29, 0.717) is 6.61 Å². The van der Waals surface area contributed by atoms with Crippen LogP contribution in [0.5, 0.6) is 0 Å². The van der Waals surface area contributed by atoms with Crippen molar-refractivity contribution in [3.05, 3.63) is 0 Å². The second kappa shape index (κ2) is 2.90. The van der Waals surface area contributed by atoms with E-state index in [1.54, 1.807) is 13.8 Å². The summed E-state index contributed by atoms with van der Waals surface area (Å²) in [4.78, 5) is 0. The van der Waals surface area contributed by atoms with Crippen molar-refractivity contribution >= 4 is 0 Å². The number of hydrogen-bond donors (Lipinski definition) is 2. The third-order valence-corrected chi connectivity index (χ3v) is 2.32. The number of aliphatic hydroxyl groups excluding tert-OH is 2. The van der Waals surface area contributed by atoms with Gasteiger partial charge in [0.1, 0.15) is 18.3 Å². The Kier molecular flexibility index (Phi) is 2.08. The summed E-state index contributed by atoms with van der Waals surface area (Å²) in [6.45, 7) is 3.87. The maximum Gasteiger partial charge on any atom is 0.184 e. The van der Waals surface area contributed by atoms with Crippen LogP contribution in [-0.2, 0) is 14.2 Å². The molecule has 2 heterocycles. The minimum atomic E-state index is -1.16. The number of ether oxygens (including phenoxy) is 3. The van der Waals surface area contributed by atoms with Crippen molar-refractivity contribution in [2.24, 2.45) is 0 Å². The molecule has 2 N–H and O–H groups in total. The summed E-state index contributed by atoms with van der Waals surface area (Å²) in [5.41, 5.74) is 0. The van der Waals surface area contributed by atoms with Gasteiger partial charge in [-0.3, -0.25) is 0 Å². The van der Waals surface area contributed by atoms with Crippen LogP contribution in [0.15, 0.2) is 0 Å². The fourth-order valence-electron chi connectivity index (χ4n) is 1.64. The van der Waals surface area contributed by atoms with Gasteiger partial charge >= 0.3 is 0 Å². The molecule has 5 nitrogen and oxygen atoms in total. The van der Waals surface area contributed by atoms with Crippen LogP contribution in [0.4, 0.5) is 0 Å². The van der Waals surface area contributed by atoms with Gasteiger partial charge in [-0.1, -0.05) is 0 Å². The minimum absolute atomic E-state index is 0.339. The predicted molar refractivity (Wildman–Crippen MR) is 41.8 cm³/mol. The molecule has 4 atom stereocenters. The van der Waals surface area contributed by atoms with Gasteiger partial charge in [-0.15, -0.1) is 0 Å². The Morgan fingerprint density at radius 2 is 2.00 bits per heavy atom. The van der Waals surface area contributed by atoms with Gasteiger partial charge in [0.05, 0.1) is 6.61 Å². The molecule has 0 aromatic heterocycles. The lowest BCUT2D eigenvalue weighted by molar-refractivity contribution is -0.300. The van der Waals surface area contributed by atoms with E-state index in [4.69, 9.17) is 14.2 Å². The van der Waals surface area contributed by atoms with E-state index in [1.165, 1.54) is 0 Å². The molecular formula is C8H14O5. The molecule has 0 bridgehead atoms. The van der Waals surface area contributed by atoms with Crippen LogP contribution in [0.3, 0.4) is 0 Å². The van der Waals surface area contributed by atoms with Gasteiger partial charge in [-0.2, -0.15) is 0 Å². The number of fused-ring (bicyclic) bond motifs is 1. The molecular weight excluding hydrogens is 176 g/mol. The SMILES string of the molecule is CC1(C)OC[C@@H]2O[C@@H](O)[C@H](O)C2O1. The average molecular weight is 190 g/mol. The van der Waals surface area contributed by atoms with Gasteiger partial charge < -0.3 is 24.4 Å². The van der Waals surface area contributed by atoms with Crippen LogP contribution in [-0.4, -0.2) is 47.2 Å². The highest BCUT2D eigenvalue weighted by Gasteiger charge is 2.49. The number of hydrogen-bond acceptors (Lipinski definition) is 5. The van der Waals surface area contributed by atoms with Crippen molar-refractivity contribution in [3.63, 3.8) is 0 Å². The lowest BCUT2D eigenvalue weighted by atomic mass is 10.1. The largest absolute Gasteiger partial charge is 0.385 e. The van der Waals surface area contributed by atoms with Crippen LogP contribution >= 0.6 is 0 Å². The highest BCUT2D eigenvalue weighted by Crippen LogP contribution is 2.32. The normalized spacial score (nSPS) is 48.9. The van der Waals surface area contributed by atoms with Crippen LogP contribution in [0, 0.1) is 0 Å². The second-order valence-electron chi connectivity index (χ2n) is 3.85. The lowest BCUT2D eigenvalue weighted by Gasteiger charge is -2.37. The predicted octanol–water partition coefficient (Wildman–Crippen LogP) is -0.784. The summed E-state index contributed by atoms with van der Waals surface area (Å²) < 4.78 is 15.8. The Labute approximate surface area is 76.2 Å². The standard InChI is InChI=1S/C8H14O5/c1-8(2)11-3-4-6(13-8)5(9)7(10)12-4/h4-7,9-10H,3H2,1-2H3/t4-,5+,6?,7+/m0/s1. The van der Waals surface area contributed by atoms with Gasteiger partial charge in [0.15, 0.2) is 12.1 Å². The first-order chi connectivity index (χ1) is 5.99. The van der Waals surface area contributed by atoms with Gasteiger partial charge in [-0.25, -0.2) is 0 Å². The third-order valence-electron chi connectivity index (χ3n) is 2.32. The first-order valence-corrected chi connectivity index (χ1v) is 4.33. The first-order valence-electron chi connectivity index (χ1n) is 4.33. The Bertz CT molecular complexity index is 205. The Balaban J connectivity index is 2.09. The Morgan fingerprint density at radius 1 is 1.31 bits per heavy atom. The molecule has 76 valence electrons. The number of rotatable bonds is 0. The van der Waals surface area contributed by atoms with E-state index in [-0.39, 0.29) is 6.10 Å². The summed E-state index contributed by atoms with van der Waals surface area (Å²) in [7, 11) is 0. The monoisotopic (exact) mass is 190 g/mol. The highest BCUT2D eigenvalue weighted by molar-refractivity contribution is 4.90. The van der Waals surface area contributed by atoms with Crippen molar-refractivity contribution < 1.29 is 24.4 Å². The number of aliphatic hydroxyl groups is 2. The fourth-order valence-corrected chi connectivity index (χ4v) is 1.64. The summed E-state index contributed by atoms with van der Waals surface area (Å²) in [5.74, 6) is -0.713. The van der Waals surface area contributed by atoms with Crippen LogP contribution in [0.1, 0.15) is 13.8 Å². The van der Waals surface area contributed by atoms with Crippen molar-refractivity contribution in [1.29, 1.82) is 0 Å². The van der Waals surface area contributed by atoms with Crippen molar-refractivity contribution in [2.45, 2.75) is 44.2 Å². The molecule has 1 unspecified atom stereocenters. The molecule has 13 heavy (non-hydrogen) atoms. The Morgan fingerprint density at radius 3 is 2.69 bits per heavy atom. The topological polar surface area (TPSA) is 68.2 Å². The van der Waals surface area contributed by atoms with Crippen molar-refractivity contribution in [2.75, 3.05) is 6.61 Å². The van der Waals surface area contributed by atoms with Gasteiger partial charge in [-0.05, 0) is 13.8 Å². The smallest absolute Gasteiger partial charge is 0.184 e. The molecule has 0 aromatic rings. The minimum Gasteiger partial charge on any atom is -0.385 e. The molecule has 0 spiro atoms. The molecule has 0 radical (unpaired) electrons. The Hall–Kier alpha value is -0.200. The van der Waals surface area contributed by atoms with E-state index in [0.717, 1.165) is 0 Å². The zero-order valence-corrected chi connectivity index (χ0v) is 7.64. The zero-order valence-electron chi connectivity index (χ0n) is 7.64. The molecule has 2 saturated heterocycles. The summed E-state index contributed by atoms with van der Waals surface area (Å²) in [6, 6.07) is 0. The zero-order chi connectivity index (χ0) is 9.64. The summed E-state index contributed by atoms with van der Waals surface area (Å²) in [5, 5.41) is 18.7. The fraction of sp³-hybridized carbons (Fsp3) is 1.00. The lowest BCUT2D eigenvalue weighted by Crippen LogP contribution is -2.50. The van der Waals surface area contributed by atoms with E-state index < -0.39 is 24.3 Å². The molecule has 2 aliphatic heterocycles. The second-order valence-corrected chi connectivity index (χ2v) is 3.85. The van der Waals surface area contributed by atoms with E-state index in [9.17, 15) is 10.2 Å². The molecule has 0 aromatic carbocycles. The molecule has 2 rings (SSSR count). The van der Waals surface area contributed by atoms with Gasteiger partial charge in [0.25, 0.3) is 0 Å². The first kappa shape index (κ1) is 9.36. The molecule has 0 aliphatic carbocycles.